The van der Waals surface area contributed by atoms with Gasteiger partial charge in [0.25, 0.3) is 0 Å². The number of hydrogen-bond donors (Lipinski definition) is 1. The third-order valence-corrected chi connectivity index (χ3v) is 4.04. The zero-order chi connectivity index (χ0) is 14.3. The maximum absolute atomic E-state index is 12.2. The van der Waals surface area contributed by atoms with Gasteiger partial charge in [-0.2, -0.15) is 0 Å². The number of carbonyl (C=O) groups is 1. The van der Waals surface area contributed by atoms with Crippen LogP contribution in [0, 0.1) is 0 Å². The monoisotopic (exact) mass is 287 g/mol. The average Bonchev–Trinajstić information content (AvgIpc) is 2.45. The standard InChI is InChI=1S/C12H18NO5P/c1-10(12(14)16-2)13-19(15,17-3)18-9-11-7-5-4-6-8-11/h4-8,10H,9H2,1-3H3,(H,13,15)/t10-,19?/m0/s1. The van der Waals surface area contributed by atoms with Gasteiger partial charge in [0, 0.05) is 7.11 Å². The molecule has 1 N–H and O–H groups in total. The van der Waals surface area contributed by atoms with Crippen LogP contribution in [0.25, 0.3) is 0 Å². The number of esters is 1. The molecular weight excluding hydrogens is 269 g/mol. The summed E-state index contributed by atoms with van der Waals surface area (Å²) in [5, 5.41) is 2.50. The van der Waals surface area contributed by atoms with Crippen molar-refractivity contribution in [2.24, 2.45) is 0 Å². The Kier molecular flexibility index (Phi) is 6.18. The van der Waals surface area contributed by atoms with E-state index < -0.39 is 19.8 Å². The Morgan fingerprint density at radius 2 is 1.95 bits per heavy atom. The van der Waals surface area contributed by atoms with E-state index in [1.165, 1.54) is 21.1 Å². The molecule has 1 rings (SSSR count). The van der Waals surface area contributed by atoms with Gasteiger partial charge in [-0.3, -0.25) is 9.32 Å². The Morgan fingerprint density at radius 1 is 1.32 bits per heavy atom. The topological polar surface area (TPSA) is 73.9 Å². The van der Waals surface area contributed by atoms with Crippen molar-refractivity contribution in [2.45, 2.75) is 19.6 Å². The van der Waals surface area contributed by atoms with E-state index in [1.807, 2.05) is 30.3 Å². The summed E-state index contributed by atoms with van der Waals surface area (Å²) in [7, 11) is -1.03. The normalized spacial score (nSPS) is 15.5. The summed E-state index contributed by atoms with van der Waals surface area (Å²) in [6, 6.07) is 8.46. The maximum Gasteiger partial charge on any atom is 0.406 e. The van der Waals surface area contributed by atoms with Crippen molar-refractivity contribution in [1.29, 1.82) is 0 Å². The second-order valence-corrected chi connectivity index (χ2v) is 5.69. The number of hydrogen-bond acceptors (Lipinski definition) is 5. The number of ether oxygens (including phenoxy) is 1. The third-order valence-electron chi connectivity index (χ3n) is 2.39. The lowest BCUT2D eigenvalue weighted by Crippen LogP contribution is -2.33. The highest BCUT2D eigenvalue weighted by Gasteiger charge is 2.28. The molecule has 0 heterocycles. The summed E-state index contributed by atoms with van der Waals surface area (Å²) < 4.78 is 26.8. The Morgan fingerprint density at radius 3 is 2.47 bits per heavy atom. The minimum Gasteiger partial charge on any atom is -0.468 e. The highest BCUT2D eigenvalue weighted by atomic mass is 31.2. The molecule has 0 aliphatic heterocycles. The van der Waals surface area contributed by atoms with Gasteiger partial charge >= 0.3 is 13.7 Å². The third kappa shape index (κ3) is 5.12. The van der Waals surface area contributed by atoms with Gasteiger partial charge in [0.05, 0.1) is 13.7 Å². The molecule has 19 heavy (non-hydrogen) atoms. The maximum atomic E-state index is 12.2. The first-order valence-corrected chi connectivity index (χ1v) is 7.25. The Balaban J connectivity index is 2.60. The minimum atomic E-state index is -3.54. The molecule has 1 aromatic carbocycles. The van der Waals surface area contributed by atoms with E-state index in [9.17, 15) is 9.36 Å². The van der Waals surface area contributed by atoms with Crippen LogP contribution < -0.4 is 5.09 Å². The van der Waals surface area contributed by atoms with Crippen LogP contribution in [-0.2, 0) is 29.8 Å². The summed E-state index contributed by atoms with van der Waals surface area (Å²) in [5.41, 5.74) is 0.854. The molecule has 0 bridgehead atoms. The van der Waals surface area contributed by atoms with Crippen molar-refractivity contribution in [3.05, 3.63) is 35.9 Å². The Hall–Kier alpha value is -1.20. The summed E-state index contributed by atoms with van der Waals surface area (Å²) in [6.07, 6.45) is 0. The molecule has 1 unspecified atom stereocenters. The number of carbonyl (C=O) groups excluding carboxylic acids is 1. The van der Waals surface area contributed by atoms with Crippen LogP contribution in [0.2, 0.25) is 0 Å². The van der Waals surface area contributed by atoms with E-state index in [2.05, 4.69) is 9.82 Å². The molecule has 0 fully saturated rings. The highest BCUT2D eigenvalue weighted by Crippen LogP contribution is 2.44. The van der Waals surface area contributed by atoms with Crippen LogP contribution in [0.4, 0.5) is 0 Å². The van der Waals surface area contributed by atoms with Crippen molar-refractivity contribution < 1.29 is 23.1 Å². The van der Waals surface area contributed by atoms with Crippen LogP contribution in [0.5, 0.6) is 0 Å². The lowest BCUT2D eigenvalue weighted by molar-refractivity contribution is -0.142. The van der Waals surface area contributed by atoms with Gasteiger partial charge in [-0.25, -0.2) is 9.65 Å². The second kappa shape index (κ2) is 7.40. The second-order valence-electron chi connectivity index (χ2n) is 3.81. The van der Waals surface area contributed by atoms with Crippen LogP contribution in [-0.4, -0.2) is 26.2 Å². The SMILES string of the molecule is COC(=O)[C@H](C)NP(=O)(OC)OCc1ccccc1. The van der Waals surface area contributed by atoms with Crippen LogP contribution >= 0.6 is 7.75 Å². The highest BCUT2D eigenvalue weighted by molar-refractivity contribution is 7.51. The largest absolute Gasteiger partial charge is 0.468 e. The van der Waals surface area contributed by atoms with Crippen molar-refractivity contribution in [3.63, 3.8) is 0 Å². The number of nitrogens with one attached hydrogen (secondary N) is 1. The molecule has 1 aromatic rings. The van der Waals surface area contributed by atoms with Gasteiger partial charge in [-0.1, -0.05) is 30.3 Å². The van der Waals surface area contributed by atoms with E-state index in [0.717, 1.165) is 5.56 Å². The zero-order valence-corrected chi connectivity index (χ0v) is 12.1. The van der Waals surface area contributed by atoms with Crippen LogP contribution in [0.15, 0.2) is 30.3 Å². The quantitative estimate of drug-likeness (QED) is 0.611. The number of methoxy groups -OCH3 is 1. The molecule has 0 spiro atoms. The van der Waals surface area contributed by atoms with Gasteiger partial charge < -0.3 is 9.26 Å². The van der Waals surface area contributed by atoms with E-state index in [1.54, 1.807) is 0 Å². The van der Waals surface area contributed by atoms with Crippen LogP contribution in [0.1, 0.15) is 12.5 Å². The predicted molar refractivity (Wildman–Crippen MR) is 70.5 cm³/mol. The van der Waals surface area contributed by atoms with Crippen molar-refractivity contribution in [1.82, 2.24) is 5.09 Å². The Bertz CT molecular complexity index is 451. The minimum absolute atomic E-state index is 0.118. The van der Waals surface area contributed by atoms with E-state index in [4.69, 9.17) is 9.05 Å². The average molecular weight is 287 g/mol. The molecule has 0 saturated heterocycles. The van der Waals surface area contributed by atoms with Crippen LogP contribution in [0.3, 0.4) is 0 Å². The lowest BCUT2D eigenvalue weighted by Gasteiger charge is -2.20. The molecular formula is C12H18NO5P. The van der Waals surface area contributed by atoms with Crippen molar-refractivity contribution in [2.75, 3.05) is 14.2 Å². The molecule has 0 aliphatic carbocycles. The summed E-state index contributed by atoms with van der Waals surface area (Å²) in [5.74, 6) is -0.541. The summed E-state index contributed by atoms with van der Waals surface area (Å²) in [4.78, 5) is 11.3. The molecule has 7 heteroatoms. The van der Waals surface area contributed by atoms with Crippen molar-refractivity contribution in [3.8, 4) is 0 Å². The molecule has 0 aromatic heterocycles. The first kappa shape index (κ1) is 15.9. The fourth-order valence-corrected chi connectivity index (χ4v) is 2.53. The van der Waals surface area contributed by atoms with Gasteiger partial charge in [0.2, 0.25) is 0 Å². The molecule has 6 nitrogen and oxygen atoms in total. The van der Waals surface area contributed by atoms with E-state index in [0.29, 0.717) is 0 Å². The van der Waals surface area contributed by atoms with Gasteiger partial charge in [0.1, 0.15) is 6.04 Å². The molecule has 106 valence electrons. The summed E-state index contributed by atoms with van der Waals surface area (Å²) >= 11 is 0. The van der Waals surface area contributed by atoms with Gasteiger partial charge in [-0.15, -0.1) is 0 Å². The molecule has 0 aliphatic rings. The molecule has 2 atom stereocenters. The molecule has 0 radical (unpaired) electrons. The molecule has 0 amide bonds. The first-order valence-electron chi connectivity index (χ1n) is 5.70. The Labute approximate surface area is 112 Å². The first-order chi connectivity index (χ1) is 9.00. The zero-order valence-electron chi connectivity index (χ0n) is 11.2. The number of benzene rings is 1. The smallest absolute Gasteiger partial charge is 0.406 e. The van der Waals surface area contributed by atoms with Gasteiger partial charge in [-0.05, 0) is 12.5 Å². The summed E-state index contributed by atoms with van der Waals surface area (Å²) in [6.45, 7) is 1.64. The fraction of sp³-hybridized carbons (Fsp3) is 0.417. The molecule has 0 saturated carbocycles. The fourth-order valence-electron chi connectivity index (χ4n) is 1.34. The predicted octanol–water partition coefficient (Wildman–Crippen LogP) is 2.11. The number of rotatable bonds is 7. The lowest BCUT2D eigenvalue weighted by atomic mass is 10.2. The van der Waals surface area contributed by atoms with E-state index >= 15 is 0 Å². The van der Waals surface area contributed by atoms with E-state index in [-0.39, 0.29) is 6.61 Å². The van der Waals surface area contributed by atoms with Crippen molar-refractivity contribution >= 4 is 13.7 Å². The van der Waals surface area contributed by atoms with Gasteiger partial charge in [0.15, 0.2) is 0 Å².